The first-order chi connectivity index (χ1) is 7.47. The van der Waals surface area contributed by atoms with Gasteiger partial charge >= 0.3 is 26.2 Å². The Bertz CT molecular complexity index is 121. The fourth-order valence-corrected chi connectivity index (χ4v) is 0.289. The Labute approximate surface area is 123 Å². The van der Waals surface area contributed by atoms with Crippen molar-refractivity contribution in [2.75, 3.05) is 13.2 Å². The van der Waals surface area contributed by atoms with E-state index in [0.717, 1.165) is 32.6 Å². The van der Waals surface area contributed by atoms with E-state index in [2.05, 4.69) is 0 Å². The maximum atomic E-state index is 9.53. The Balaban J connectivity index is -0.0000000729. The largest absolute Gasteiger partial charge is 3.00 e. The molecule has 0 fully saturated rings. The molecular weight excluding hydrogens is 303 g/mol. The molecule has 1 atom stereocenters. The molecule has 0 aliphatic rings. The van der Waals surface area contributed by atoms with E-state index in [1.54, 1.807) is 0 Å². The number of rotatable bonds is 5. The fourth-order valence-electron chi connectivity index (χ4n) is 0.289. The predicted octanol–water partition coefficient (Wildman–Crippen LogP) is -1.59. The zero-order chi connectivity index (χ0) is 13.4. The first-order valence-corrected chi connectivity index (χ1v) is 5.52. The van der Waals surface area contributed by atoms with Crippen LogP contribution in [0.4, 0.5) is 0 Å². The van der Waals surface area contributed by atoms with Crippen molar-refractivity contribution in [3.63, 3.8) is 0 Å². The van der Waals surface area contributed by atoms with Gasteiger partial charge in [-0.15, -0.1) is 13.2 Å². The topological polar surface area (TPSA) is 106 Å². The normalized spacial score (nSPS) is 9.76. The van der Waals surface area contributed by atoms with Gasteiger partial charge in [0.25, 0.3) is 0 Å². The molecular formula is C11H23O5Zr. The van der Waals surface area contributed by atoms with Gasteiger partial charge in [0.15, 0.2) is 0 Å². The molecule has 0 rings (SSSR count). The first kappa shape index (κ1) is 25.9. The number of carboxylic acids is 1. The Kier molecular flexibility index (Phi) is 38.4. The molecule has 0 bridgehead atoms. The monoisotopic (exact) mass is 325 g/mol. The smallest absolute Gasteiger partial charge is 0.854 e. The van der Waals surface area contributed by atoms with Crippen LogP contribution in [-0.4, -0.2) is 30.4 Å². The summed E-state index contributed by atoms with van der Waals surface area (Å²) in [5, 5.41) is 36.4. The molecule has 0 aromatic carbocycles. The molecule has 0 aromatic heterocycles. The van der Waals surface area contributed by atoms with Gasteiger partial charge in [0.2, 0.25) is 0 Å². The second-order valence-corrected chi connectivity index (χ2v) is 3.11. The number of aliphatic hydroxyl groups excluding tert-OH is 1. The van der Waals surface area contributed by atoms with E-state index >= 15 is 0 Å². The minimum atomic E-state index is -1.44. The summed E-state index contributed by atoms with van der Waals surface area (Å²) in [6.07, 6.45) is 2.39. The molecule has 1 N–H and O–H groups in total. The fraction of sp³-hybridized carbons (Fsp3) is 0.909. The van der Waals surface area contributed by atoms with Crippen LogP contribution in [0.5, 0.6) is 0 Å². The van der Waals surface area contributed by atoms with Crippen LogP contribution in [0.15, 0.2) is 0 Å². The van der Waals surface area contributed by atoms with Crippen LogP contribution in [0.2, 0.25) is 0 Å². The van der Waals surface area contributed by atoms with E-state index in [-0.39, 0.29) is 39.4 Å². The standard InChI is InChI=1S/2C4H9O.C3H6O3.Zr/c2*1-2-3-4-5;1-2(4)3(5)6;/h2*2-4H2,1H3;2,4H,1H3,(H,5,6);/q2*-1;;+3/p-1. The maximum Gasteiger partial charge on any atom is 3.00 e. The summed E-state index contributed by atoms with van der Waals surface area (Å²) in [6.45, 7) is 5.35. The third kappa shape index (κ3) is 48.5. The minimum absolute atomic E-state index is 0. The molecule has 0 heterocycles. The molecule has 0 saturated heterocycles. The van der Waals surface area contributed by atoms with Gasteiger partial charge in [-0.25, -0.2) is 0 Å². The van der Waals surface area contributed by atoms with E-state index < -0.39 is 12.1 Å². The quantitative estimate of drug-likeness (QED) is 0.655. The van der Waals surface area contributed by atoms with Gasteiger partial charge in [-0.3, -0.25) is 0 Å². The molecule has 101 valence electrons. The molecule has 0 spiro atoms. The molecule has 0 aromatic rings. The number of carbonyl (C=O) groups excluding carboxylic acids is 1. The van der Waals surface area contributed by atoms with Gasteiger partial charge in [0.05, 0.1) is 12.1 Å². The summed E-state index contributed by atoms with van der Waals surface area (Å²) in [6, 6.07) is 0. The van der Waals surface area contributed by atoms with E-state index in [1.807, 2.05) is 13.8 Å². The van der Waals surface area contributed by atoms with Crippen molar-refractivity contribution in [3.8, 4) is 0 Å². The van der Waals surface area contributed by atoms with Gasteiger partial charge in [-0.2, -0.15) is 0 Å². The van der Waals surface area contributed by atoms with Crippen molar-refractivity contribution >= 4 is 5.97 Å². The Morgan fingerprint density at radius 1 is 1.12 bits per heavy atom. The van der Waals surface area contributed by atoms with Crippen molar-refractivity contribution < 1.29 is 51.4 Å². The summed E-state index contributed by atoms with van der Waals surface area (Å²) < 4.78 is 0. The van der Waals surface area contributed by atoms with Crippen molar-refractivity contribution in [2.45, 2.75) is 52.6 Å². The van der Waals surface area contributed by atoms with E-state index in [4.69, 9.17) is 5.11 Å². The summed E-state index contributed by atoms with van der Waals surface area (Å²) in [4.78, 5) is 9.34. The number of hydrogen-bond donors (Lipinski definition) is 1. The molecule has 0 amide bonds. The molecule has 1 radical (unpaired) electrons. The molecule has 0 aliphatic heterocycles. The average Bonchev–Trinajstić information content (AvgIpc) is 2.22. The van der Waals surface area contributed by atoms with E-state index in [0.29, 0.717) is 0 Å². The van der Waals surface area contributed by atoms with Crippen LogP contribution >= 0.6 is 0 Å². The Hall–Kier alpha value is 0.233. The van der Waals surface area contributed by atoms with Crippen LogP contribution in [0, 0.1) is 0 Å². The molecule has 0 aliphatic carbocycles. The van der Waals surface area contributed by atoms with Crippen LogP contribution < -0.4 is 15.3 Å². The van der Waals surface area contributed by atoms with Crippen LogP contribution in [-0.2, 0) is 31.0 Å². The Morgan fingerprint density at radius 3 is 1.35 bits per heavy atom. The van der Waals surface area contributed by atoms with Gasteiger partial charge < -0.3 is 25.2 Å². The van der Waals surface area contributed by atoms with E-state index in [1.165, 1.54) is 0 Å². The number of unbranched alkanes of at least 4 members (excludes halogenated alkanes) is 2. The minimum Gasteiger partial charge on any atom is -0.854 e. The Morgan fingerprint density at radius 2 is 1.35 bits per heavy atom. The van der Waals surface area contributed by atoms with Crippen LogP contribution in [0.3, 0.4) is 0 Å². The molecule has 0 saturated carbocycles. The van der Waals surface area contributed by atoms with Crippen molar-refractivity contribution in [1.29, 1.82) is 0 Å². The molecule has 6 heteroatoms. The van der Waals surface area contributed by atoms with Crippen molar-refractivity contribution in [2.24, 2.45) is 0 Å². The SMILES string of the molecule is CC(O)C(=O)[O-].CCCC[O-].CCCC[O-].[Zr+3]. The van der Waals surface area contributed by atoms with Crippen LogP contribution in [0.25, 0.3) is 0 Å². The first-order valence-electron chi connectivity index (χ1n) is 5.52. The molecule has 5 nitrogen and oxygen atoms in total. The van der Waals surface area contributed by atoms with Gasteiger partial charge in [-0.05, 0) is 6.92 Å². The zero-order valence-corrected chi connectivity index (χ0v) is 13.4. The van der Waals surface area contributed by atoms with E-state index in [9.17, 15) is 20.1 Å². The summed E-state index contributed by atoms with van der Waals surface area (Å²) in [5.74, 6) is -1.44. The third-order valence-corrected chi connectivity index (χ3v) is 1.34. The summed E-state index contributed by atoms with van der Waals surface area (Å²) in [7, 11) is 0. The number of aliphatic hydroxyl groups is 1. The van der Waals surface area contributed by atoms with Gasteiger partial charge in [0.1, 0.15) is 0 Å². The second kappa shape index (κ2) is 25.2. The van der Waals surface area contributed by atoms with Crippen LogP contribution in [0.1, 0.15) is 46.5 Å². The number of carbonyl (C=O) groups is 1. The summed E-state index contributed by atoms with van der Waals surface area (Å²) >= 11 is 0. The average molecular weight is 327 g/mol. The predicted molar refractivity (Wildman–Crippen MR) is 56.2 cm³/mol. The maximum absolute atomic E-state index is 9.53. The zero-order valence-electron chi connectivity index (χ0n) is 10.9. The number of aliphatic carboxylic acids is 1. The molecule has 1 unspecified atom stereocenters. The summed E-state index contributed by atoms with van der Waals surface area (Å²) in [5.41, 5.74) is 0. The second-order valence-electron chi connectivity index (χ2n) is 3.11. The van der Waals surface area contributed by atoms with Gasteiger partial charge in [-0.1, -0.05) is 39.5 Å². The van der Waals surface area contributed by atoms with Gasteiger partial charge in [0, 0.05) is 0 Å². The third-order valence-electron chi connectivity index (χ3n) is 1.34. The number of carboxylic acid groups (broad SMARTS) is 1. The molecule has 17 heavy (non-hydrogen) atoms. The number of hydrogen-bond acceptors (Lipinski definition) is 5. The van der Waals surface area contributed by atoms with Crippen molar-refractivity contribution in [3.05, 3.63) is 0 Å². The van der Waals surface area contributed by atoms with Crippen molar-refractivity contribution in [1.82, 2.24) is 0 Å².